The van der Waals surface area contributed by atoms with Crippen molar-refractivity contribution in [2.75, 3.05) is 5.32 Å². The molecule has 2 rings (SSSR count). The van der Waals surface area contributed by atoms with Gasteiger partial charge in [-0.25, -0.2) is 4.39 Å². The second kappa shape index (κ2) is 6.19. The molecule has 0 radical (unpaired) electrons. The molecule has 0 spiro atoms. The molecule has 2 nitrogen and oxygen atoms in total. The van der Waals surface area contributed by atoms with E-state index < -0.39 is 5.82 Å². The van der Waals surface area contributed by atoms with Gasteiger partial charge in [-0.15, -0.1) is 0 Å². The van der Waals surface area contributed by atoms with Crippen molar-refractivity contribution in [3.8, 4) is 0 Å². The highest BCUT2D eigenvalue weighted by Crippen LogP contribution is 2.28. The van der Waals surface area contributed by atoms with E-state index in [4.69, 9.17) is 11.6 Å². The third kappa shape index (κ3) is 3.70. The maximum Gasteiger partial charge on any atom is 0.224 e. The first-order valence-electron chi connectivity index (χ1n) is 6.40. The largest absolute Gasteiger partial charge is 0.324 e. The quantitative estimate of drug-likeness (QED) is 0.863. The Morgan fingerprint density at radius 3 is 2.83 bits per heavy atom. The lowest BCUT2D eigenvalue weighted by Gasteiger charge is -2.09. The Labute approximate surface area is 112 Å². The number of hydrogen-bond acceptors (Lipinski definition) is 1. The van der Waals surface area contributed by atoms with Gasteiger partial charge in [-0.1, -0.05) is 37.3 Å². The van der Waals surface area contributed by atoms with Crippen LogP contribution in [0.2, 0.25) is 5.02 Å². The summed E-state index contributed by atoms with van der Waals surface area (Å²) in [7, 11) is 0. The molecule has 18 heavy (non-hydrogen) atoms. The molecule has 1 N–H and O–H groups in total. The van der Waals surface area contributed by atoms with Crippen LogP contribution in [0.15, 0.2) is 18.2 Å². The molecule has 0 aliphatic heterocycles. The van der Waals surface area contributed by atoms with E-state index in [0.29, 0.717) is 17.4 Å². The summed E-state index contributed by atoms with van der Waals surface area (Å²) in [5.41, 5.74) is 0.166. The molecular weight excluding hydrogens is 253 g/mol. The van der Waals surface area contributed by atoms with Gasteiger partial charge in [-0.3, -0.25) is 4.79 Å². The van der Waals surface area contributed by atoms with Gasteiger partial charge in [0.25, 0.3) is 0 Å². The molecule has 4 heteroatoms. The molecule has 0 heterocycles. The standard InChI is InChI=1S/C14H17ClFNO/c15-11-6-7-12(16)13(9-11)17-14(18)8-5-10-3-1-2-4-10/h6-7,9-10H,1-5,8H2,(H,17,18). The van der Waals surface area contributed by atoms with Crippen molar-refractivity contribution in [3.63, 3.8) is 0 Å². The number of amides is 1. The Kier molecular flexibility index (Phi) is 4.59. The SMILES string of the molecule is O=C(CCC1CCCC1)Nc1cc(Cl)ccc1F. The van der Waals surface area contributed by atoms with Gasteiger partial charge < -0.3 is 5.32 Å². The van der Waals surface area contributed by atoms with Crippen LogP contribution in [0.4, 0.5) is 10.1 Å². The van der Waals surface area contributed by atoms with E-state index in [-0.39, 0.29) is 11.6 Å². The van der Waals surface area contributed by atoms with E-state index >= 15 is 0 Å². The van der Waals surface area contributed by atoms with E-state index in [1.54, 1.807) is 0 Å². The second-order valence-corrected chi connectivity index (χ2v) is 5.30. The Bertz CT molecular complexity index is 430. The highest BCUT2D eigenvalue weighted by molar-refractivity contribution is 6.30. The molecule has 0 atom stereocenters. The minimum absolute atomic E-state index is 0.136. The summed E-state index contributed by atoms with van der Waals surface area (Å²) in [5.74, 6) is 0.0802. The Morgan fingerprint density at radius 1 is 1.39 bits per heavy atom. The molecule has 1 aromatic carbocycles. The maximum absolute atomic E-state index is 13.4. The normalized spacial score (nSPS) is 15.9. The third-order valence-electron chi connectivity index (χ3n) is 3.46. The summed E-state index contributed by atoms with van der Waals surface area (Å²) in [6, 6.07) is 4.16. The van der Waals surface area contributed by atoms with E-state index in [1.807, 2.05) is 0 Å². The number of hydrogen-bond donors (Lipinski definition) is 1. The minimum Gasteiger partial charge on any atom is -0.324 e. The van der Waals surface area contributed by atoms with Crippen molar-refractivity contribution >= 4 is 23.2 Å². The number of halogens is 2. The monoisotopic (exact) mass is 269 g/mol. The van der Waals surface area contributed by atoms with Crippen LogP contribution in [0, 0.1) is 11.7 Å². The topological polar surface area (TPSA) is 29.1 Å². The van der Waals surface area contributed by atoms with Gasteiger partial charge in [0.15, 0.2) is 0 Å². The van der Waals surface area contributed by atoms with Gasteiger partial charge in [-0.05, 0) is 30.5 Å². The molecule has 1 aliphatic rings. The fourth-order valence-electron chi connectivity index (χ4n) is 2.44. The summed E-state index contributed by atoms with van der Waals surface area (Å²) in [4.78, 5) is 11.7. The van der Waals surface area contributed by atoms with Crippen LogP contribution < -0.4 is 5.32 Å². The summed E-state index contributed by atoms with van der Waals surface area (Å²) < 4.78 is 13.4. The Morgan fingerprint density at radius 2 is 2.11 bits per heavy atom. The van der Waals surface area contributed by atoms with Gasteiger partial charge >= 0.3 is 0 Å². The lowest BCUT2D eigenvalue weighted by molar-refractivity contribution is -0.116. The van der Waals surface area contributed by atoms with Gasteiger partial charge in [0.05, 0.1) is 5.69 Å². The molecule has 98 valence electrons. The van der Waals surface area contributed by atoms with Crippen molar-refractivity contribution in [1.82, 2.24) is 0 Å². The van der Waals surface area contributed by atoms with Crippen LogP contribution >= 0.6 is 11.6 Å². The zero-order valence-corrected chi connectivity index (χ0v) is 11.0. The molecule has 1 amide bonds. The first-order valence-corrected chi connectivity index (χ1v) is 6.78. The van der Waals surface area contributed by atoms with Crippen LogP contribution in [0.3, 0.4) is 0 Å². The van der Waals surface area contributed by atoms with Crippen molar-refractivity contribution < 1.29 is 9.18 Å². The number of rotatable bonds is 4. The molecule has 1 fully saturated rings. The van der Waals surface area contributed by atoms with Crippen molar-refractivity contribution in [2.45, 2.75) is 38.5 Å². The van der Waals surface area contributed by atoms with Crippen LogP contribution in [-0.2, 0) is 4.79 Å². The van der Waals surface area contributed by atoms with E-state index in [2.05, 4.69) is 5.32 Å². The van der Waals surface area contributed by atoms with Crippen LogP contribution in [0.1, 0.15) is 38.5 Å². The lowest BCUT2D eigenvalue weighted by atomic mass is 10.0. The number of nitrogens with one attached hydrogen (secondary N) is 1. The van der Waals surface area contributed by atoms with E-state index in [1.165, 1.54) is 43.9 Å². The third-order valence-corrected chi connectivity index (χ3v) is 3.69. The molecule has 1 saturated carbocycles. The van der Waals surface area contributed by atoms with E-state index in [9.17, 15) is 9.18 Å². The highest BCUT2D eigenvalue weighted by atomic mass is 35.5. The summed E-state index contributed by atoms with van der Waals surface area (Å²) in [6.07, 6.45) is 6.34. The first kappa shape index (κ1) is 13.3. The average molecular weight is 270 g/mol. The van der Waals surface area contributed by atoms with Crippen molar-refractivity contribution in [1.29, 1.82) is 0 Å². The lowest BCUT2D eigenvalue weighted by Crippen LogP contribution is -2.13. The predicted molar refractivity (Wildman–Crippen MR) is 71.2 cm³/mol. The molecule has 0 saturated heterocycles. The molecule has 1 aromatic rings. The first-order chi connectivity index (χ1) is 8.65. The summed E-state index contributed by atoms with van der Waals surface area (Å²) in [5, 5.41) is 3.00. The minimum atomic E-state index is -0.450. The van der Waals surface area contributed by atoms with Crippen LogP contribution in [0.5, 0.6) is 0 Å². The van der Waals surface area contributed by atoms with Crippen LogP contribution in [0.25, 0.3) is 0 Å². The number of carbonyl (C=O) groups is 1. The Balaban J connectivity index is 1.84. The molecular formula is C14H17ClFNO. The number of carbonyl (C=O) groups excluding carboxylic acids is 1. The second-order valence-electron chi connectivity index (χ2n) is 4.86. The van der Waals surface area contributed by atoms with Crippen LogP contribution in [-0.4, -0.2) is 5.91 Å². The van der Waals surface area contributed by atoms with Gasteiger partial charge in [0, 0.05) is 11.4 Å². The predicted octanol–water partition coefficient (Wildman–Crippen LogP) is 4.39. The fraction of sp³-hybridized carbons (Fsp3) is 0.500. The van der Waals surface area contributed by atoms with Gasteiger partial charge in [0.2, 0.25) is 5.91 Å². The maximum atomic E-state index is 13.4. The van der Waals surface area contributed by atoms with E-state index in [0.717, 1.165) is 6.42 Å². The number of benzene rings is 1. The van der Waals surface area contributed by atoms with Gasteiger partial charge in [-0.2, -0.15) is 0 Å². The highest BCUT2D eigenvalue weighted by Gasteiger charge is 2.16. The smallest absolute Gasteiger partial charge is 0.224 e. The molecule has 0 unspecified atom stereocenters. The summed E-state index contributed by atoms with van der Waals surface area (Å²) in [6.45, 7) is 0. The van der Waals surface area contributed by atoms with Gasteiger partial charge in [0.1, 0.15) is 5.82 Å². The average Bonchev–Trinajstić information content (AvgIpc) is 2.84. The zero-order valence-electron chi connectivity index (χ0n) is 10.2. The van der Waals surface area contributed by atoms with Crippen molar-refractivity contribution in [2.24, 2.45) is 5.92 Å². The Hall–Kier alpha value is -1.09. The van der Waals surface area contributed by atoms with Crippen molar-refractivity contribution in [3.05, 3.63) is 29.0 Å². The molecule has 0 bridgehead atoms. The zero-order chi connectivity index (χ0) is 13.0. The number of anilines is 1. The fourth-order valence-corrected chi connectivity index (χ4v) is 2.61. The molecule has 1 aliphatic carbocycles. The summed E-state index contributed by atoms with van der Waals surface area (Å²) >= 11 is 5.76. The molecule has 0 aromatic heterocycles.